The van der Waals surface area contributed by atoms with Crippen LogP contribution in [0.25, 0.3) is 0 Å². The molecule has 1 fully saturated rings. The molecule has 0 aliphatic carbocycles. The predicted molar refractivity (Wildman–Crippen MR) is 63.2 cm³/mol. The van der Waals surface area contributed by atoms with Crippen LogP contribution in [0.1, 0.15) is 6.42 Å². The highest BCUT2D eigenvalue weighted by Gasteiger charge is 2.25. The molecule has 0 aromatic carbocycles. The van der Waals surface area contributed by atoms with Gasteiger partial charge in [0.1, 0.15) is 4.32 Å². The maximum absolute atomic E-state index is 11.9. The zero-order valence-corrected chi connectivity index (χ0v) is 10.3. The molecule has 80 valence electrons. The molecular weight excluding hydrogens is 218 g/mol. The van der Waals surface area contributed by atoms with Gasteiger partial charge in [-0.25, -0.2) is 9.80 Å². The van der Waals surface area contributed by atoms with E-state index in [0.29, 0.717) is 4.32 Å². The molecule has 2 amide bonds. The van der Waals surface area contributed by atoms with Gasteiger partial charge in [-0.2, -0.15) is 0 Å². The number of nitrogens with zero attached hydrogens (tertiary/aromatic N) is 3. The molecule has 1 aliphatic heterocycles. The van der Waals surface area contributed by atoms with E-state index in [0.717, 1.165) is 18.7 Å². The van der Waals surface area contributed by atoms with Gasteiger partial charge in [-0.05, 0) is 6.42 Å². The molecular formula is C8H15N3OS2. The van der Waals surface area contributed by atoms with E-state index in [1.54, 1.807) is 33.7 Å². The Labute approximate surface area is 94.2 Å². The van der Waals surface area contributed by atoms with Crippen LogP contribution < -0.4 is 0 Å². The number of rotatable bonds is 1. The zero-order valence-electron chi connectivity index (χ0n) is 8.69. The quantitative estimate of drug-likeness (QED) is 0.503. The van der Waals surface area contributed by atoms with Crippen molar-refractivity contribution in [2.24, 2.45) is 0 Å². The third-order valence-corrected chi connectivity index (χ3v) is 3.61. The van der Waals surface area contributed by atoms with Crippen LogP contribution in [-0.4, -0.2) is 58.7 Å². The first-order valence-corrected chi connectivity index (χ1v) is 5.82. The second-order valence-corrected chi connectivity index (χ2v) is 5.00. The summed E-state index contributed by atoms with van der Waals surface area (Å²) >= 11 is 6.71. The highest BCUT2D eigenvalue weighted by molar-refractivity contribution is 8.23. The lowest BCUT2D eigenvalue weighted by molar-refractivity contribution is 0.0746. The monoisotopic (exact) mass is 233 g/mol. The van der Waals surface area contributed by atoms with Crippen molar-refractivity contribution in [1.29, 1.82) is 0 Å². The minimum atomic E-state index is -0.0489. The van der Waals surface area contributed by atoms with Crippen LogP contribution in [0, 0.1) is 0 Å². The number of carbonyl (C=O) groups excluding carboxylic acids is 1. The second kappa shape index (κ2) is 4.95. The Morgan fingerprint density at radius 1 is 1.50 bits per heavy atom. The maximum atomic E-state index is 11.9. The average Bonchev–Trinajstić information content (AvgIpc) is 2.16. The van der Waals surface area contributed by atoms with Gasteiger partial charge in [-0.15, -0.1) is 0 Å². The highest BCUT2D eigenvalue weighted by atomic mass is 32.2. The van der Waals surface area contributed by atoms with Gasteiger partial charge in [-0.1, -0.05) is 24.0 Å². The van der Waals surface area contributed by atoms with E-state index >= 15 is 0 Å². The second-order valence-electron chi connectivity index (χ2n) is 3.27. The third kappa shape index (κ3) is 2.59. The number of carbonyl (C=O) groups is 1. The van der Waals surface area contributed by atoms with Gasteiger partial charge in [0.05, 0.1) is 0 Å². The molecule has 0 saturated carbocycles. The van der Waals surface area contributed by atoms with Crippen LogP contribution in [0.4, 0.5) is 4.79 Å². The minimum absolute atomic E-state index is 0.0489. The maximum Gasteiger partial charge on any atom is 0.339 e. The van der Waals surface area contributed by atoms with Crippen molar-refractivity contribution in [3.05, 3.63) is 0 Å². The topological polar surface area (TPSA) is 26.8 Å². The largest absolute Gasteiger partial charge is 0.339 e. The molecule has 0 aromatic rings. The van der Waals surface area contributed by atoms with Gasteiger partial charge in [0.2, 0.25) is 0 Å². The van der Waals surface area contributed by atoms with Crippen LogP contribution in [-0.2, 0) is 0 Å². The van der Waals surface area contributed by atoms with Crippen LogP contribution >= 0.6 is 24.0 Å². The summed E-state index contributed by atoms with van der Waals surface area (Å²) in [5.74, 6) is 1.02. The first kappa shape index (κ1) is 11.7. The molecule has 1 rings (SSSR count). The summed E-state index contributed by atoms with van der Waals surface area (Å²) in [5, 5.41) is 3.29. The fourth-order valence-electron chi connectivity index (χ4n) is 1.07. The summed E-state index contributed by atoms with van der Waals surface area (Å²) in [6, 6.07) is -0.0489. The molecule has 0 aromatic heterocycles. The molecule has 14 heavy (non-hydrogen) atoms. The van der Waals surface area contributed by atoms with Crippen molar-refractivity contribution in [2.75, 3.05) is 33.4 Å². The van der Waals surface area contributed by atoms with Crippen molar-refractivity contribution in [2.45, 2.75) is 6.42 Å². The van der Waals surface area contributed by atoms with E-state index in [1.807, 2.05) is 14.1 Å². The first-order chi connectivity index (χ1) is 6.54. The van der Waals surface area contributed by atoms with E-state index in [4.69, 9.17) is 12.2 Å². The van der Waals surface area contributed by atoms with Gasteiger partial charge >= 0.3 is 6.03 Å². The predicted octanol–water partition coefficient (Wildman–Crippen LogP) is 1.24. The molecule has 0 unspecified atom stereocenters. The fourth-order valence-corrected chi connectivity index (χ4v) is 2.26. The van der Waals surface area contributed by atoms with Crippen LogP contribution in [0.15, 0.2) is 0 Å². The molecule has 1 saturated heterocycles. The molecule has 0 N–H and O–H groups in total. The molecule has 0 atom stereocenters. The number of hydrogen-bond donors (Lipinski definition) is 0. The fraction of sp³-hybridized carbons (Fsp3) is 0.750. The Balaban J connectivity index is 2.63. The summed E-state index contributed by atoms with van der Waals surface area (Å²) in [5.41, 5.74) is 0. The average molecular weight is 233 g/mol. The van der Waals surface area contributed by atoms with Gasteiger partial charge in [0.15, 0.2) is 0 Å². The molecule has 1 heterocycles. The van der Waals surface area contributed by atoms with Gasteiger partial charge < -0.3 is 0 Å². The normalized spacial score (nSPS) is 17.4. The standard InChI is InChI=1S/C8H15N3OS2/c1-9(2)10(3)7(12)11-5-4-6-14-8(11)13/h4-6H2,1-3H3. The van der Waals surface area contributed by atoms with Crippen molar-refractivity contribution >= 4 is 34.3 Å². The molecule has 1 aliphatic rings. The van der Waals surface area contributed by atoms with Gasteiger partial charge in [0, 0.05) is 33.4 Å². The Morgan fingerprint density at radius 3 is 2.64 bits per heavy atom. The van der Waals surface area contributed by atoms with E-state index in [1.165, 1.54) is 0 Å². The number of amides is 2. The third-order valence-electron chi connectivity index (χ3n) is 2.08. The summed E-state index contributed by atoms with van der Waals surface area (Å²) in [6.07, 6.45) is 1.01. The highest BCUT2D eigenvalue weighted by Crippen LogP contribution is 2.18. The van der Waals surface area contributed by atoms with Crippen LogP contribution in [0.3, 0.4) is 0 Å². The van der Waals surface area contributed by atoms with Crippen molar-refractivity contribution in [3.8, 4) is 0 Å². The van der Waals surface area contributed by atoms with Crippen molar-refractivity contribution < 1.29 is 4.79 Å². The Bertz CT molecular complexity index is 245. The minimum Gasteiger partial charge on any atom is -0.278 e. The Morgan fingerprint density at radius 2 is 2.14 bits per heavy atom. The first-order valence-electron chi connectivity index (χ1n) is 4.43. The van der Waals surface area contributed by atoms with Crippen molar-refractivity contribution in [1.82, 2.24) is 14.9 Å². The summed E-state index contributed by atoms with van der Waals surface area (Å²) in [6.45, 7) is 0.739. The van der Waals surface area contributed by atoms with E-state index in [9.17, 15) is 4.79 Å². The molecule has 6 heteroatoms. The SMILES string of the molecule is CN(C)N(C)C(=O)N1CCCSC1=S. The number of hydrogen-bond acceptors (Lipinski definition) is 4. The van der Waals surface area contributed by atoms with Crippen molar-refractivity contribution in [3.63, 3.8) is 0 Å². The smallest absolute Gasteiger partial charge is 0.278 e. The Hall–Kier alpha value is -0.330. The van der Waals surface area contributed by atoms with Crippen LogP contribution in [0.5, 0.6) is 0 Å². The lowest BCUT2D eigenvalue weighted by Gasteiger charge is -2.33. The molecule has 0 bridgehead atoms. The lowest BCUT2D eigenvalue weighted by Crippen LogP contribution is -2.49. The lowest BCUT2D eigenvalue weighted by atomic mass is 10.4. The molecule has 0 spiro atoms. The number of hydrazine groups is 1. The summed E-state index contributed by atoms with van der Waals surface area (Å²) in [4.78, 5) is 13.5. The zero-order chi connectivity index (χ0) is 10.7. The molecule has 4 nitrogen and oxygen atoms in total. The summed E-state index contributed by atoms with van der Waals surface area (Å²) in [7, 11) is 5.40. The van der Waals surface area contributed by atoms with E-state index in [2.05, 4.69) is 0 Å². The molecule has 0 radical (unpaired) electrons. The van der Waals surface area contributed by atoms with Crippen LogP contribution in [0.2, 0.25) is 0 Å². The summed E-state index contributed by atoms with van der Waals surface area (Å²) < 4.78 is 0.690. The van der Waals surface area contributed by atoms with Gasteiger partial charge in [-0.3, -0.25) is 9.91 Å². The van der Waals surface area contributed by atoms with Gasteiger partial charge in [0.25, 0.3) is 0 Å². The number of thioether (sulfide) groups is 1. The van der Waals surface area contributed by atoms with E-state index < -0.39 is 0 Å². The number of urea groups is 1. The number of thiocarbonyl (C=S) groups is 1. The Kier molecular flexibility index (Phi) is 4.15. The van der Waals surface area contributed by atoms with E-state index in [-0.39, 0.29) is 6.03 Å².